The number of rotatable bonds is 6. The highest BCUT2D eigenvalue weighted by molar-refractivity contribution is 7.99. The van der Waals surface area contributed by atoms with Crippen molar-refractivity contribution in [2.45, 2.75) is 23.8 Å². The molecule has 0 aliphatic rings. The predicted molar refractivity (Wildman–Crippen MR) is 67.5 cm³/mol. The summed E-state index contributed by atoms with van der Waals surface area (Å²) >= 11 is 1.35. The Morgan fingerprint density at radius 1 is 1.44 bits per heavy atom. The van der Waals surface area contributed by atoms with Gasteiger partial charge in [-0.2, -0.15) is 0 Å². The van der Waals surface area contributed by atoms with Crippen LogP contribution in [0, 0.1) is 0 Å². The number of aromatic nitrogens is 3. The maximum absolute atomic E-state index is 5.18. The molecular weight excluding hydrogens is 252 g/mol. The molecule has 2 rings (SSSR count). The second-order valence-corrected chi connectivity index (χ2v) is 4.34. The van der Waals surface area contributed by atoms with Crippen LogP contribution in [-0.4, -0.2) is 28.6 Å². The van der Waals surface area contributed by atoms with Gasteiger partial charge in [0.2, 0.25) is 0 Å². The molecule has 6 nitrogen and oxygen atoms in total. The summed E-state index contributed by atoms with van der Waals surface area (Å²) in [6.07, 6.45) is 3.13. The molecule has 0 aliphatic heterocycles. The van der Waals surface area contributed by atoms with Crippen LogP contribution in [0.2, 0.25) is 0 Å². The van der Waals surface area contributed by atoms with Gasteiger partial charge in [-0.1, -0.05) is 0 Å². The largest absolute Gasteiger partial charge is 0.440 e. The van der Waals surface area contributed by atoms with Crippen LogP contribution in [0.1, 0.15) is 12.7 Å². The van der Waals surface area contributed by atoms with Crippen molar-refractivity contribution >= 4 is 17.6 Å². The molecule has 0 aromatic carbocycles. The van der Waals surface area contributed by atoms with Crippen LogP contribution < -0.4 is 5.32 Å². The van der Waals surface area contributed by atoms with Crippen molar-refractivity contribution in [3.05, 3.63) is 24.4 Å². The minimum atomic E-state index is 0.373. The molecule has 0 saturated carbocycles. The first-order valence-corrected chi connectivity index (χ1v) is 6.31. The van der Waals surface area contributed by atoms with Gasteiger partial charge < -0.3 is 14.5 Å². The van der Waals surface area contributed by atoms with Crippen LogP contribution in [0.4, 0.5) is 5.82 Å². The van der Waals surface area contributed by atoms with Gasteiger partial charge in [-0.15, -0.1) is 0 Å². The lowest BCUT2D eigenvalue weighted by Crippen LogP contribution is -2.05. The Hall–Kier alpha value is -1.60. The molecule has 0 amide bonds. The molecule has 0 atom stereocenters. The fourth-order valence-electron chi connectivity index (χ4n) is 1.34. The summed E-state index contributed by atoms with van der Waals surface area (Å²) in [6, 6.07) is 1.86. The van der Waals surface area contributed by atoms with Crippen molar-refractivity contribution in [2.75, 3.05) is 19.0 Å². The summed E-state index contributed by atoms with van der Waals surface area (Å²) in [5.41, 5.74) is 0. The van der Waals surface area contributed by atoms with Crippen molar-refractivity contribution in [3.63, 3.8) is 0 Å². The normalized spacial score (nSPS) is 10.6. The maximum atomic E-state index is 5.18. The van der Waals surface area contributed by atoms with Gasteiger partial charge in [-0.25, -0.2) is 15.0 Å². The Morgan fingerprint density at radius 3 is 3.00 bits per heavy atom. The first-order valence-electron chi connectivity index (χ1n) is 5.50. The molecule has 0 fully saturated rings. The van der Waals surface area contributed by atoms with E-state index in [1.807, 2.05) is 13.0 Å². The predicted octanol–water partition coefficient (Wildman–Crippen LogP) is 2.19. The van der Waals surface area contributed by atoms with Gasteiger partial charge in [0.25, 0.3) is 5.22 Å². The Bertz CT molecular complexity index is 466. The number of oxazole rings is 1. The zero-order chi connectivity index (χ0) is 12.8. The quantitative estimate of drug-likeness (QED) is 0.803. The number of nitrogens with zero attached hydrogens (tertiary/aromatic N) is 3. The van der Waals surface area contributed by atoms with E-state index in [2.05, 4.69) is 20.3 Å². The zero-order valence-electron chi connectivity index (χ0n) is 10.2. The van der Waals surface area contributed by atoms with E-state index in [-0.39, 0.29) is 0 Å². The number of hydrogen-bond donors (Lipinski definition) is 1. The molecule has 0 bridgehead atoms. The molecule has 2 aromatic heterocycles. The molecule has 0 unspecified atom stereocenters. The van der Waals surface area contributed by atoms with Gasteiger partial charge >= 0.3 is 0 Å². The summed E-state index contributed by atoms with van der Waals surface area (Å²) in [6.45, 7) is 3.18. The van der Waals surface area contributed by atoms with Crippen molar-refractivity contribution < 1.29 is 9.15 Å². The van der Waals surface area contributed by atoms with Gasteiger partial charge in [0, 0.05) is 19.7 Å². The molecule has 2 heterocycles. The fraction of sp³-hybridized carbons (Fsp3) is 0.364. The van der Waals surface area contributed by atoms with E-state index in [4.69, 9.17) is 9.15 Å². The SMILES string of the molecule is CCNc1cc(Sc2ncco2)nc(COC)n1. The van der Waals surface area contributed by atoms with Gasteiger partial charge in [0.05, 0.1) is 6.20 Å². The smallest absolute Gasteiger partial charge is 0.261 e. The third-order valence-corrected chi connectivity index (χ3v) is 2.78. The average Bonchev–Trinajstić information content (AvgIpc) is 2.82. The summed E-state index contributed by atoms with van der Waals surface area (Å²) in [7, 11) is 1.62. The molecule has 1 N–H and O–H groups in total. The van der Waals surface area contributed by atoms with Crippen molar-refractivity contribution in [2.24, 2.45) is 0 Å². The van der Waals surface area contributed by atoms with Crippen molar-refractivity contribution in [3.8, 4) is 0 Å². The minimum Gasteiger partial charge on any atom is -0.440 e. The van der Waals surface area contributed by atoms with E-state index in [0.717, 1.165) is 17.4 Å². The molecule has 0 saturated heterocycles. The summed E-state index contributed by atoms with van der Waals surface area (Å²) in [4.78, 5) is 12.7. The van der Waals surface area contributed by atoms with Crippen LogP contribution in [-0.2, 0) is 11.3 Å². The highest BCUT2D eigenvalue weighted by Gasteiger charge is 2.08. The van der Waals surface area contributed by atoms with Crippen molar-refractivity contribution in [1.82, 2.24) is 15.0 Å². The van der Waals surface area contributed by atoms with E-state index in [9.17, 15) is 0 Å². The molecule has 7 heteroatoms. The zero-order valence-corrected chi connectivity index (χ0v) is 11.0. The van der Waals surface area contributed by atoms with E-state index >= 15 is 0 Å². The Labute approximate surface area is 109 Å². The van der Waals surface area contributed by atoms with Gasteiger partial charge in [-0.05, 0) is 18.7 Å². The third-order valence-electron chi connectivity index (χ3n) is 1.98. The number of anilines is 1. The van der Waals surface area contributed by atoms with Gasteiger partial charge in [-0.3, -0.25) is 0 Å². The average molecular weight is 266 g/mol. The van der Waals surface area contributed by atoms with Crippen LogP contribution in [0.25, 0.3) is 0 Å². The van der Waals surface area contributed by atoms with E-state index in [0.29, 0.717) is 17.7 Å². The van der Waals surface area contributed by atoms with E-state index in [1.54, 1.807) is 13.3 Å². The lowest BCUT2D eigenvalue weighted by molar-refractivity contribution is 0.177. The Balaban J connectivity index is 2.21. The van der Waals surface area contributed by atoms with Gasteiger partial charge in [0.1, 0.15) is 23.7 Å². The molecule has 2 aromatic rings. The second-order valence-electron chi connectivity index (χ2n) is 3.37. The van der Waals surface area contributed by atoms with Crippen LogP contribution in [0.5, 0.6) is 0 Å². The number of hydrogen-bond acceptors (Lipinski definition) is 7. The van der Waals surface area contributed by atoms with E-state index < -0.39 is 0 Å². The molecule has 18 heavy (non-hydrogen) atoms. The number of nitrogens with one attached hydrogen (secondary N) is 1. The van der Waals surface area contributed by atoms with Crippen LogP contribution in [0.15, 0.2) is 33.2 Å². The van der Waals surface area contributed by atoms with E-state index in [1.165, 1.54) is 18.0 Å². The minimum absolute atomic E-state index is 0.373. The monoisotopic (exact) mass is 266 g/mol. The van der Waals surface area contributed by atoms with Crippen LogP contribution in [0.3, 0.4) is 0 Å². The Morgan fingerprint density at radius 2 is 2.33 bits per heavy atom. The fourth-order valence-corrected chi connectivity index (χ4v) is 2.06. The van der Waals surface area contributed by atoms with Crippen molar-refractivity contribution in [1.29, 1.82) is 0 Å². The maximum Gasteiger partial charge on any atom is 0.261 e. The van der Waals surface area contributed by atoms with Gasteiger partial charge in [0.15, 0.2) is 5.82 Å². The number of ether oxygens (including phenoxy) is 1. The topological polar surface area (TPSA) is 73.1 Å². The first kappa shape index (κ1) is 12.8. The summed E-state index contributed by atoms with van der Waals surface area (Å²) in [5, 5.41) is 4.48. The molecular formula is C11H14N4O2S. The highest BCUT2D eigenvalue weighted by Crippen LogP contribution is 2.25. The standard InChI is InChI=1S/C11H14N4O2S/c1-3-12-8-6-10(15-9(14-8)7-16-2)18-11-13-4-5-17-11/h4-6H,3,7H2,1-2H3,(H,12,14,15). The summed E-state index contributed by atoms with van der Waals surface area (Å²) < 4.78 is 10.2. The van der Waals surface area contributed by atoms with Crippen LogP contribution >= 0.6 is 11.8 Å². The highest BCUT2D eigenvalue weighted by atomic mass is 32.2. The second kappa shape index (κ2) is 6.36. The lowest BCUT2D eigenvalue weighted by atomic mass is 10.5. The molecule has 96 valence electrons. The first-order chi connectivity index (χ1) is 8.81. The Kier molecular flexibility index (Phi) is 4.54. The number of methoxy groups -OCH3 is 1. The molecule has 0 aliphatic carbocycles. The molecule has 0 spiro atoms. The lowest BCUT2D eigenvalue weighted by Gasteiger charge is -2.07. The molecule has 0 radical (unpaired) electrons. The third kappa shape index (κ3) is 3.44. The summed E-state index contributed by atoms with van der Waals surface area (Å²) in [5.74, 6) is 1.40.